The summed E-state index contributed by atoms with van der Waals surface area (Å²) < 4.78 is 44.0. The quantitative estimate of drug-likeness (QED) is 0.171. The lowest BCUT2D eigenvalue weighted by atomic mass is 9.84. The highest BCUT2D eigenvalue weighted by molar-refractivity contribution is 7.10. The van der Waals surface area contributed by atoms with Gasteiger partial charge in [-0.25, -0.2) is 14.6 Å². The molecule has 3 aliphatic rings. The van der Waals surface area contributed by atoms with Crippen LogP contribution in [0.4, 0.5) is 13.6 Å². The monoisotopic (exact) mass is 908 g/mol. The number of alkyl halides is 2. The zero-order valence-electron chi connectivity index (χ0n) is 37.5. The second-order valence-electron chi connectivity index (χ2n) is 18.0. The summed E-state index contributed by atoms with van der Waals surface area (Å²) in [4.78, 5) is 68.4. The SMILES string of the molecule is CCn1c(-c2cccnc2[C@H](C)OC)c2c3cc(ccc31)-c1csc(n1)C[C@H](NC(=O)[C@H](C(C)C)N(C)C(=O)N1CC(OC(F)F)C1)C(=O)N1CCC[C@@](O)(N1)C(=O)OCC(C)(C)C2. The lowest BCUT2D eigenvalue weighted by Gasteiger charge is -2.43. The van der Waals surface area contributed by atoms with Crippen LogP contribution in [0.2, 0.25) is 0 Å². The normalized spacial score (nSPS) is 21.7. The van der Waals surface area contributed by atoms with E-state index in [2.05, 4.69) is 39.1 Å². The van der Waals surface area contributed by atoms with Gasteiger partial charge in [-0.15, -0.1) is 11.3 Å². The summed E-state index contributed by atoms with van der Waals surface area (Å²) in [5, 5.41) is 19.2. The van der Waals surface area contributed by atoms with Crippen LogP contribution in [0, 0.1) is 11.3 Å². The molecule has 6 bridgehead atoms. The molecule has 1 aromatic carbocycles. The van der Waals surface area contributed by atoms with Crippen LogP contribution in [0.25, 0.3) is 33.4 Å². The molecule has 2 saturated heterocycles. The number of carbonyl (C=O) groups excluding carboxylic acids is 4. The summed E-state index contributed by atoms with van der Waals surface area (Å²) in [7, 11) is 3.10. The van der Waals surface area contributed by atoms with E-state index in [1.54, 1.807) is 27.2 Å². The summed E-state index contributed by atoms with van der Waals surface area (Å²) in [6, 6.07) is 7.25. The van der Waals surface area contributed by atoms with E-state index in [-0.39, 0.29) is 51.6 Å². The lowest BCUT2D eigenvalue weighted by molar-refractivity contribution is -0.190. The number of rotatable bonds is 10. The van der Waals surface area contributed by atoms with Crippen molar-refractivity contribution in [2.45, 2.75) is 110 Å². The first-order chi connectivity index (χ1) is 30.3. The maximum absolute atomic E-state index is 14.5. The number of urea groups is 1. The van der Waals surface area contributed by atoms with Gasteiger partial charge in [0.15, 0.2) is 0 Å². The molecule has 2 fully saturated rings. The first kappa shape index (κ1) is 46.9. The summed E-state index contributed by atoms with van der Waals surface area (Å²) in [6.45, 7) is 9.13. The molecule has 0 saturated carbocycles. The smallest absolute Gasteiger partial charge is 0.355 e. The second kappa shape index (κ2) is 18.8. The van der Waals surface area contributed by atoms with Crippen molar-refractivity contribution < 1.29 is 47.3 Å². The molecule has 19 heteroatoms. The number of cyclic esters (lactones) is 1. The number of pyridine rings is 1. The number of likely N-dealkylation sites (tertiary alicyclic amines) is 1. The number of benzene rings is 1. The second-order valence-corrected chi connectivity index (χ2v) is 18.9. The molecule has 7 rings (SSSR count). The van der Waals surface area contributed by atoms with Gasteiger partial charge in [-0.3, -0.25) is 19.6 Å². The van der Waals surface area contributed by atoms with E-state index in [0.29, 0.717) is 23.7 Å². The molecule has 0 unspecified atom stereocenters. The van der Waals surface area contributed by atoms with Gasteiger partial charge < -0.3 is 39.0 Å². The summed E-state index contributed by atoms with van der Waals surface area (Å²) in [5.41, 5.74) is 5.98. The Kier molecular flexibility index (Phi) is 13.8. The van der Waals surface area contributed by atoms with Gasteiger partial charge in [0.2, 0.25) is 11.6 Å². The Balaban J connectivity index is 1.28. The molecule has 3 N–H and O–H groups in total. The minimum Gasteiger partial charge on any atom is -0.462 e. The van der Waals surface area contributed by atoms with Gasteiger partial charge in [-0.05, 0) is 62.4 Å². The van der Waals surface area contributed by atoms with Crippen LogP contribution in [-0.2, 0) is 48.0 Å². The number of aromatic nitrogens is 3. The zero-order valence-corrected chi connectivity index (χ0v) is 38.3. The van der Waals surface area contributed by atoms with Crippen LogP contribution < -0.4 is 10.7 Å². The van der Waals surface area contributed by atoms with E-state index in [1.807, 2.05) is 44.4 Å². The van der Waals surface area contributed by atoms with E-state index < -0.39 is 65.7 Å². The van der Waals surface area contributed by atoms with E-state index in [0.717, 1.165) is 44.0 Å². The molecule has 0 radical (unpaired) electrons. The van der Waals surface area contributed by atoms with Crippen molar-refractivity contribution in [1.29, 1.82) is 0 Å². The van der Waals surface area contributed by atoms with Gasteiger partial charge in [0.05, 0.1) is 54.0 Å². The predicted molar refractivity (Wildman–Crippen MR) is 235 cm³/mol. The number of carbonyl (C=O) groups is 4. The van der Waals surface area contributed by atoms with Crippen molar-refractivity contribution in [2.75, 3.05) is 40.4 Å². The van der Waals surface area contributed by atoms with E-state index >= 15 is 0 Å². The highest BCUT2D eigenvalue weighted by Crippen LogP contribution is 2.42. The van der Waals surface area contributed by atoms with Gasteiger partial charge in [0, 0.05) is 79.1 Å². The van der Waals surface area contributed by atoms with Crippen molar-refractivity contribution in [2.24, 2.45) is 11.3 Å². The molecule has 0 aliphatic carbocycles. The number of halogens is 2. The van der Waals surface area contributed by atoms with Gasteiger partial charge in [-0.1, -0.05) is 33.8 Å². The fourth-order valence-electron chi connectivity index (χ4n) is 8.95. The lowest BCUT2D eigenvalue weighted by Crippen LogP contribution is -2.67. The number of amides is 4. The number of aryl methyl sites for hydroxylation is 1. The first-order valence-electron chi connectivity index (χ1n) is 21.7. The van der Waals surface area contributed by atoms with Crippen molar-refractivity contribution in [3.05, 3.63) is 58.2 Å². The highest BCUT2D eigenvalue weighted by atomic mass is 32.1. The molecule has 64 heavy (non-hydrogen) atoms. The highest BCUT2D eigenvalue weighted by Gasteiger charge is 2.46. The van der Waals surface area contributed by atoms with E-state index in [4.69, 9.17) is 19.4 Å². The number of aliphatic hydroxyl groups is 1. The molecular formula is C45H58F2N8O8S. The average molecular weight is 909 g/mol. The summed E-state index contributed by atoms with van der Waals surface area (Å²) >= 11 is 1.32. The number of esters is 1. The van der Waals surface area contributed by atoms with Gasteiger partial charge in [0.25, 0.3) is 5.91 Å². The molecule has 4 amide bonds. The van der Waals surface area contributed by atoms with Crippen LogP contribution in [0.3, 0.4) is 0 Å². The molecular weight excluding hydrogens is 851 g/mol. The van der Waals surface area contributed by atoms with Crippen molar-refractivity contribution in [3.63, 3.8) is 0 Å². The molecule has 346 valence electrons. The summed E-state index contributed by atoms with van der Waals surface area (Å²) in [5.74, 6) is -2.65. The van der Waals surface area contributed by atoms with Crippen molar-refractivity contribution in [3.8, 4) is 22.5 Å². The third-order valence-electron chi connectivity index (χ3n) is 12.3. The number of hydrazine groups is 1. The Hall–Kier alpha value is -5.08. The maximum Gasteiger partial charge on any atom is 0.355 e. The van der Waals surface area contributed by atoms with Crippen LogP contribution in [0.15, 0.2) is 41.9 Å². The molecule has 4 atom stereocenters. The van der Waals surface area contributed by atoms with E-state index in [1.165, 1.54) is 28.2 Å². The Morgan fingerprint density at radius 1 is 1.17 bits per heavy atom. The number of nitrogens with zero attached hydrogens (tertiary/aromatic N) is 6. The minimum atomic E-state index is -2.97. The topological polar surface area (TPSA) is 181 Å². The minimum absolute atomic E-state index is 0.0384. The van der Waals surface area contributed by atoms with Crippen LogP contribution in [-0.4, -0.2) is 129 Å². The molecule has 4 aromatic rings. The Morgan fingerprint density at radius 2 is 1.92 bits per heavy atom. The number of hydrogen-bond donors (Lipinski definition) is 3. The van der Waals surface area contributed by atoms with Crippen LogP contribution >= 0.6 is 11.3 Å². The fraction of sp³-hybridized carbons (Fsp3) is 0.556. The molecule has 6 heterocycles. The Bertz CT molecular complexity index is 2380. The largest absolute Gasteiger partial charge is 0.462 e. The van der Waals surface area contributed by atoms with E-state index in [9.17, 15) is 33.1 Å². The average Bonchev–Trinajstić information content (AvgIpc) is 3.83. The van der Waals surface area contributed by atoms with Gasteiger partial charge in [-0.2, -0.15) is 14.2 Å². The first-order valence-corrected chi connectivity index (χ1v) is 22.5. The predicted octanol–water partition coefficient (Wildman–Crippen LogP) is 5.52. The summed E-state index contributed by atoms with van der Waals surface area (Å²) in [6.07, 6.45) is 1.25. The Morgan fingerprint density at radius 3 is 2.61 bits per heavy atom. The number of nitrogens with one attached hydrogen (secondary N) is 2. The third kappa shape index (κ3) is 9.49. The third-order valence-corrected chi connectivity index (χ3v) is 13.2. The fourth-order valence-corrected chi connectivity index (χ4v) is 9.80. The van der Waals surface area contributed by atoms with Crippen LogP contribution in [0.1, 0.15) is 76.8 Å². The number of ether oxygens (including phenoxy) is 3. The number of thiazole rings is 1. The number of methoxy groups -OCH3 is 1. The van der Waals surface area contributed by atoms with Crippen molar-refractivity contribution >= 4 is 46.1 Å². The Labute approximate surface area is 375 Å². The van der Waals surface area contributed by atoms with Crippen molar-refractivity contribution in [1.82, 2.24) is 40.1 Å². The zero-order chi connectivity index (χ0) is 46.2. The van der Waals surface area contributed by atoms with Gasteiger partial charge >= 0.3 is 18.6 Å². The molecule has 0 spiro atoms. The number of fused-ring (bicyclic) bond motifs is 6. The standard InChI is InChI=1S/C45H58F2N8O8S/c1-9-54-34-14-13-27-18-30(34)31(38(54)29-12-10-16-48-36(29)26(4)61-8)20-44(5,6)24-62-41(58)45(60)15-11-17-55(51-45)40(57)32(19-35-49-33(27)23-64-35)50-39(56)37(25(2)3)52(7)43(59)53-21-28(22-53)63-42(46)47/h10,12-14,16,18,23,25-26,28,32,37,42,51,60H,9,11,15,17,19-22,24H2,1-8H3,(H,50,56)/t26-,32-,37-,45-/m0/s1. The van der Waals surface area contributed by atoms with Gasteiger partial charge in [0.1, 0.15) is 12.1 Å². The number of hydrogen-bond acceptors (Lipinski definition) is 12. The maximum atomic E-state index is 14.5. The number of likely N-dealkylation sites (N-methyl/N-ethyl adjacent to an activating group) is 1. The molecule has 3 aromatic heterocycles. The molecule has 3 aliphatic heterocycles. The molecule has 16 nitrogen and oxygen atoms in total. The van der Waals surface area contributed by atoms with Crippen LogP contribution in [0.5, 0.6) is 0 Å².